The van der Waals surface area contributed by atoms with Gasteiger partial charge in [-0.2, -0.15) is 5.26 Å². The molecule has 17 heavy (non-hydrogen) atoms. The van der Waals surface area contributed by atoms with E-state index in [1.807, 2.05) is 32.0 Å². The van der Waals surface area contributed by atoms with Gasteiger partial charge in [0.05, 0.1) is 11.9 Å². The highest BCUT2D eigenvalue weighted by atomic mass is 35.5. The monoisotopic (exact) mass is 251 g/mol. The summed E-state index contributed by atoms with van der Waals surface area (Å²) in [4.78, 5) is 11.5. The van der Waals surface area contributed by atoms with E-state index in [4.69, 9.17) is 16.9 Å². The molecule has 0 aliphatic rings. The number of rotatable bonds is 2. The van der Waals surface area contributed by atoms with Gasteiger partial charge >= 0.3 is 0 Å². The number of aromatic nitrogens is 1. The Labute approximate surface area is 106 Å². The molecule has 0 aromatic carbocycles. The van der Waals surface area contributed by atoms with Crippen LogP contribution in [0.1, 0.15) is 6.92 Å². The Bertz CT molecular complexity index is 432. The fourth-order valence-corrected chi connectivity index (χ4v) is 1.53. The zero-order valence-corrected chi connectivity index (χ0v) is 10.8. The molecule has 0 aliphatic carbocycles. The largest absolute Gasteiger partial charge is 0.348 e. The van der Waals surface area contributed by atoms with Crippen LogP contribution in [0, 0.1) is 11.5 Å². The highest BCUT2D eigenvalue weighted by Crippen LogP contribution is 2.16. The van der Waals surface area contributed by atoms with Crippen molar-refractivity contribution in [1.82, 2.24) is 9.88 Å². The molecular formula is C11H14ClN5. The first-order valence-electron chi connectivity index (χ1n) is 5.13. The Balaban J connectivity index is 3.10. The predicted octanol–water partition coefficient (Wildman–Crippen LogP) is 1.96. The molecule has 0 radical (unpaired) electrons. The van der Waals surface area contributed by atoms with Crippen LogP contribution >= 0.6 is 11.6 Å². The third kappa shape index (κ3) is 3.33. The summed E-state index contributed by atoms with van der Waals surface area (Å²) in [6, 6.07) is 3.55. The molecule has 0 spiro atoms. The van der Waals surface area contributed by atoms with Crippen molar-refractivity contribution in [2.75, 3.05) is 25.5 Å². The third-order valence-electron chi connectivity index (χ3n) is 2.13. The maximum atomic E-state index is 8.69. The van der Waals surface area contributed by atoms with Gasteiger partial charge in [-0.3, -0.25) is 0 Å². The molecule has 0 aliphatic heterocycles. The molecule has 0 bridgehead atoms. The zero-order chi connectivity index (χ0) is 12.8. The average molecular weight is 252 g/mol. The highest BCUT2D eigenvalue weighted by molar-refractivity contribution is 6.29. The molecule has 1 aromatic heterocycles. The van der Waals surface area contributed by atoms with Crippen molar-refractivity contribution in [3.05, 3.63) is 23.5 Å². The molecule has 1 heterocycles. The maximum absolute atomic E-state index is 8.69. The van der Waals surface area contributed by atoms with E-state index in [9.17, 15) is 0 Å². The number of guanidine groups is 1. The topological polar surface area (TPSA) is 55.5 Å². The van der Waals surface area contributed by atoms with Gasteiger partial charge in [0, 0.05) is 20.6 Å². The lowest BCUT2D eigenvalue weighted by Gasteiger charge is -2.27. The van der Waals surface area contributed by atoms with Crippen LogP contribution in [-0.4, -0.2) is 36.5 Å². The lowest BCUT2D eigenvalue weighted by atomic mass is 10.3. The Hall–Kier alpha value is -1.80. The molecule has 6 heteroatoms. The van der Waals surface area contributed by atoms with E-state index in [0.29, 0.717) is 17.7 Å². The Kier molecular flexibility index (Phi) is 4.73. The molecule has 90 valence electrons. The molecule has 0 saturated carbocycles. The SMILES string of the molecule is CCN(C(=NC#N)N(C)C)c1ccc(Cl)nc1. The molecule has 1 rings (SSSR count). The van der Waals surface area contributed by atoms with Crippen LogP contribution in [0.25, 0.3) is 0 Å². The first-order chi connectivity index (χ1) is 8.10. The second kappa shape index (κ2) is 6.06. The minimum Gasteiger partial charge on any atom is -0.348 e. The van der Waals surface area contributed by atoms with E-state index in [-0.39, 0.29) is 0 Å². The fourth-order valence-electron chi connectivity index (χ4n) is 1.41. The summed E-state index contributed by atoms with van der Waals surface area (Å²) in [6.45, 7) is 2.66. The van der Waals surface area contributed by atoms with Crippen molar-refractivity contribution in [2.24, 2.45) is 4.99 Å². The summed E-state index contributed by atoms with van der Waals surface area (Å²) < 4.78 is 0. The van der Waals surface area contributed by atoms with Crippen LogP contribution in [0.3, 0.4) is 0 Å². The van der Waals surface area contributed by atoms with Gasteiger partial charge in [-0.25, -0.2) is 4.98 Å². The van der Waals surface area contributed by atoms with Crippen molar-refractivity contribution in [3.8, 4) is 6.19 Å². The van der Waals surface area contributed by atoms with Crippen molar-refractivity contribution < 1.29 is 0 Å². The number of nitriles is 1. The minimum absolute atomic E-state index is 0.438. The van der Waals surface area contributed by atoms with Crippen LogP contribution in [0.15, 0.2) is 23.3 Å². The van der Waals surface area contributed by atoms with Gasteiger partial charge in [0.2, 0.25) is 12.2 Å². The smallest absolute Gasteiger partial charge is 0.216 e. The van der Waals surface area contributed by atoms with E-state index in [2.05, 4.69) is 9.98 Å². The molecule has 0 amide bonds. The fraction of sp³-hybridized carbons (Fsp3) is 0.364. The minimum atomic E-state index is 0.438. The van der Waals surface area contributed by atoms with E-state index in [1.165, 1.54) is 0 Å². The zero-order valence-electron chi connectivity index (χ0n) is 10.1. The van der Waals surface area contributed by atoms with E-state index < -0.39 is 0 Å². The van der Waals surface area contributed by atoms with Gasteiger partial charge in [-0.1, -0.05) is 11.6 Å². The van der Waals surface area contributed by atoms with Crippen LogP contribution < -0.4 is 4.90 Å². The number of nitrogens with zero attached hydrogens (tertiary/aromatic N) is 5. The summed E-state index contributed by atoms with van der Waals surface area (Å²) in [5, 5.41) is 9.13. The number of aliphatic imine (C=N–C) groups is 1. The first-order valence-corrected chi connectivity index (χ1v) is 5.51. The van der Waals surface area contributed by atoms with E-state index in [1.54, 1.807) is 23.4 Å². The van der Waals surface area contributed by atoms with E-state index in [0.717, 1.165) is 5.69 Å². The van der Waals surface area contributed by atoms with E-state index >= 15 is 0 Å². The Morgan fingerprint density at radius 2 is 2.24 bits per heavy atom. The molecule has 0 unspecified atom stereocenters. The second-order valence-electron chi connectivity index (χ2n) is 3.49. The summed E-state index contributed by atoms with van der Waals surface area (Å²) in [7, 11) is 3.67. The normalized spacial score (nSPS) is 10.9. The number of hydrogen-bond donors (Lipinski definition) is 0. The van der Waals surface area contributed by atoms with Crippen molar-refractivity contribution >= 4 is 23.2 Å². The molecule has 0 saturated heterocycles. The van der Waals surface area contributed by atoms with Crippen LogP contribution in [0.4, 0.5) is 5.69 Å². The lowest BCUT2D eigenvalue weighted by molar-refractivity contribution is 0.604. The quantitative estimate of drug-likeness (QED) is 0.349. The summed E-state index contributed by atoms with van der Waals surface area (Å²) in [5.41, 5.74) is 0.847. The second-order valence-corrected chi connectivity index (χ2v) is 3.88. The third-order valence-corrected chi connectivity index (χ3v) is 2.35. The number of pyridine rings is 1. The van der Waals surface area contributed by atoms with Crippen molar-refractivity contribution in [3.63, 3.8) is 0 Å². The van der Waals surface area contributed by atoms with Gasteiger partial charge in [-0.05, 0) is 19.1 Å². The molecular weight excluding hydrogens is 238 g/mol. The molecule has 0 atom stereocenters. The number of anilines is 1. The standard InChI is InChI=1S/C11H14ClN5/c1-4-17(11(15-8-13)16(2)3)9-5-6-10(12)14-7-9/h5-7H,4H2,1-3H3. The number of hydrogen-bond acceptors (Lipinski definition) is 3. The maximum Gasteiger partial charge on any atom is 0.216 e. The van der Waals surface area contributed by atoms with Crippen LogP contribution in [0.2, 0.25) is 5.15 Å². The van der Waals surface area contributed by atoms with Crippen LogP contribution in [-0.2, 0) is 0 Å². The summed E-state index contributed by atoms with van der Waals surface area (Å²) in [5.74, 6) is 0.569. The van der Waals surface area contributed by atoms with Gasteiger partial charge in [-0.15, -0.1) is 4.99 Å². The van der Waals surface area contributed by atoms with Crippen molar-refractivity contribution in [2.45, 2.75) is 6.92 Å². The molecule has 5 nitrogen and oxygen atoms in total. The number of halogens is 1. The van der Waals surface area contributed by atoms with Gasteiger partial charge in [0.1, 0.15) is 5.15 Å². The molecule has 0 fully saturated rings. The Morgan fingerprint density at radius 3 is 2.65 bits per heavy atom. The summed E-state index contributed by atoms with van der Waals surface area (Å²) >= 11 is 5.74. The van der Waals surface area contributed by atoms with Gasteiger partial charge in [0.25, 0.3) is 0 Å². The molecule has 1 aromatic rings. The molecule has 0 N–H and O–H groups in total. The highest BCUT2D eigenvalue weighted by Gasteiger charge is 2.14. The Morgan fingerprint density at radius 1 is 1.53 bits per heavy atom. The van der Waals surface area contributed by atoms with Crippen molar-refractivity contribution in [1.29, 1.82) is 5.26 Å². The van der Waals surface area contributed by atoms with Gasteiger partial charge < -0.3 is 9.80 Å². The average Bonchev–Trinajstić information content (AvgIpc) is 2.31. The predicted molar refractivity (Wildman–Crippen MR) is 69.0 cm³/mol. The van der Waals surface area contributed by atoms with Crippen LogP contribution in [0.5, 0.6) is 0 Å². The van der Waals surface area contributed by atoms with Gasteiger partial charge in [0.15, 0.2) is 0 Å². The summed E-state index contributed by atoms with van der Waals surface area (Å²) in [6.07, 6.45) is 3.46. The first kappa shape index (κ1) is 13.3. The lowest BCUT2D eigenvalue weighted by Crippen LogP contribution is -2.40.